The van der Waals surface area contributed by atoms with E-state index in [9.17, 15) is 4.79 Å². The van der Waals surface area contributed by atoms with Gasteiger partial charge < -0.3 is 14.8 Å². The lowest BCUT2D eigenvalue weighted by Gasteiger charge is -2.18. The van der Waals surface area contributed by atoms with E-state index in [-0.39, 0.29) is 18.1 Å². The summed E-state index contributed by atoms with van der Waals surface area (Å²) in [5, 5.41) is 3.21. The molecule has 0 amide bonds. The summed E-state index contributed by atoms with van der Waals surface area (Å²) in [6, 6.07) is -0.177. The number of rotatable bonds is 6. The molecule has 0 saturated carbocycles. The van der Waals surface area contributed by atoms with Crippen molar-refractivity contribution in [1.82, 2.24) is 5.32 Å². The van der Waals surface area contributed by atoms with Crippen molar-refractivity contribution in [3.63, 3.8) is 0 Å². The number of esters is 1. The van der Waals surface area contributed by atoms with Gasteiger partial charge in [0.25, 0.3) is 0 Å². The fourth-order valence-electron chi connectivity index (χ4n) is 1.81. The first-order valence-electron chi connectivity index (χ1n) is 5.70. The summed E-state index contributed by atoms with van der Waals surface area (Å²) >= 11 is 0. The van der Waals surface area contributed by atoms with Gasteiger partial charge in [0.15, 0.2) is 0 Å². The summed E-state index contributed by atoms with van der Waals surface area (Å²) in [5.74, 6) is -0.171. The smallest absolute Gasteiger partial charge is 0.322 e. The van der Waals surface area contributed by atoms with Gasteiger partial charge >= 0.3 is 5.97 Å². The van der Waals surface area contributed by atoms with E-state index < -0.39 is 0 Å². The van der Waals surface area contributed by atoms with E-state index in [0.717, 1.165) is 38.8 Å². The van der Waals surface area contributed by atoms with Crippen LogP contribution in [0.3, 0.4) is 0 Å². The van der Waals surface area contributed by atoms with Gasteiger partial charge in [-0.05, 0) is 19.3 Å². The van der Waals surface area contributed by atoms with Crippen molar-refractivity contribution in [2.24, 2.45) is 0 Å². The molecule has 0 bridgehead atoms. The van der Waals surface area contributed by atoms with Crippen LogP contribution < -0.4 is 5.32 Å². The standard InChI is InChI=1S/C11H21NO3/c1-3-5-10(11(13)14-2)12-8-9-6-4-7-15-9/h9-10,12H,3-8H2,1-2H3/t9-,10-/m0/s1. The van der Waals surface area contributed by atoms with Crippen LogP contribution in [0, 0.1) is 0 Å². The highest BCUT2D eigenvalue weighted by atomic mass is 16.5. The largest absolute Gasteiger partial charge is 0.468 e. The molecule has 88 valence electrons. The third kappa shape index (κ3) is 4.18. The molecule has 0 aromatic rings. The van der Waals surface area contributed by atoms with Gasteiger partial charge in [-0.25, -0.2) is 0 Å². The van der Waals surface area contributed by atoms with E-state index in [2.05, 4.69) is 12.2 Å². The zero-order chi connectivity index (χ0) is 11.1. The fourth-order valence-corrected chi connectivity index (χ4v) is 1.81. The van der Waals surface area contributed by atoms with Gasteiger partial charge in [-0.2, -0.15) is 0 Å². The van der Waals surface area contributed by atoms with Crippen LogP contribution in [-0.2, 0) is 14.3 Å². The molecule has 1 aliphatic rings. The summed E-state index contributed by atoms with van der Waals surface area (Å²) in [6.45, 7) is 3.66. The van der Waals surface area contributed by atoms with E-state index in [1.165, 1.54) is 7.11 Å². The van der Waals surface area contributed by atoms with Gasteiger partial charge in [-0.15, -0.1) is 0 Å². The lowest BCUT2D eigenvalue weighted by molar-refractivity contribution is -0.143. The Morgan fingerprint density at radius 3 is 3.00 bits per heavy atom. The van der Waals surface area contributed by atoms with Crippen molar-refractivity contribution in [3.8, 4) is 0 Å². The van der Waals surface area contributed by atoms with E-state index in [1.807, 2.05) is 0 Å². The summed E-state index contributed by atoms with van der Waals surface area (Å²) in [6.07, 6.45) is 4.28. The lowest BCUT2D eigenvalue weighted by atomic mass is 10.1. The van der Waals surface area contributed by atoms with Crippen LogP contribution >= 0.6 is 0 Å². The van der Waals surface area contributed by atoms with E-state index in [1.54, 1.807) is 0 Å². The molecule has 4 heteroatoms. The fraction of sp³-hybridized carbons (Fsp3) is 0.909. The van der Waals surface area contributed by atoms with Crippen LogP contribution in [-0.4, -0.2) is 38.4 Å². The molecule has 1 N–H and O–H groups in total. The Kier molecular flexibility index (Phi) is 5.65. The van der Waals surface area contributed by atoms with Crippen LogP contribution in [0.25, 0.3) is 0 Å². The third-order valence-corrected chi connectivity index (χ3v) is 2.68. The van der Waals surface area contributed by atoms with Crippen LogP contribution in [0.2, 0.25) is 0 Å². The van der Waals surface area contributed by atoms with Crippen LogP contribution in [0.5, 0.6) is 0 Å². The summed E-state index contributed by atoms with van der Waals surface area (Å²) < 4.78 is 10.2. The maximum Gasteiger partial charge on any atom is 0.322 e. The van der Waals surface area contributed by atoms with Crippen LogP contribution in [0.4, 0.5) is 0 Å². The highest BCUT2D eigenvalue weighted by Gasteiger charge is 2.21. The first kappa shape index (κ1) is 12.5. The second kappa shape index (κ2) is 6.80. The van der Waals surface area contributed by atoms with Crippen LogP contribution in [0.15, 0.2) is 0 Å². The SMILES string of the molecule is CCC[C@H](NC[C@@H]1CCCO1)C(=O)OC. The molecule has 2 atom stereocenters. The van der Waals surface area contributed by atoms with Gasteiger partial charge in [0, 0.05) is 13.2 Å². The van der Waals surface area contributed by atoms with Gasteiger partial charge in [0.2, 0.25) is 0 Å². The zero-order valence-electron chi connectivity index (χ0n) is 9.62. The summed E-state index contributed by atoms with van der Waals surface area (Å²) in [5.41, 5.74) is 0. The van der Waals surface area contributed by atoms with Crippen molar-refractivity contribution < 1.29 is 14.3 Å². The average Bonchev–Trinajstić information content (AvgIpc) is 2.76. The third-order valence-electron chi connectivity index (χ3n) is 2.68. The molecule has 1 rings (SSSR count). The average molecular weight is 215 g/mol. The Hall–Kier alpha value is -0.610. The van der Waals surface area contributed by atoms with E-state index in [4.69, 9.17) is 9.47 Å². The molecular formula is C11H21NO3. The Balaban J connectivity index is 2.26. The number of carbonyl (C=O) groups excluding carboxylic acids is 1. The zero-order valence-corrected chi connectivity index (χ0v) is 9.62. The molecule has 1 aliphatic heterocycles. The monoisotopic (exact) mass is 215 g/mol. The summed E-state index contributed by atoms with van der Waals surface area (Å²) in [7, 11) is 1.43. The highest BCUT2D eigenvalue weighted by molar-refractivity contribution is 5.75. The minimum absolute atomic E-state index is 0.171. The molecular weight excluding hydrogens is 194 g/mol. The van der Waals surface area contributed by atoms with Gasteiger partial charge in [-0.1, -0.05) is 13.3 Å². The molecule has 1 saturated heterocycles. The minimum Gasteiger partial charge on any atom is -0.468 e. The van der Waals surface area contributed by atoms with Crippen molar-refractivity contribution in [3.05, 3.63) is 0 Å². The predicted octanol–water partition coefficient (Wildman–Crippen LogP) is 1.10. The predicted molar refractivity (Wildman–Crippen MR) is 57.7 cm³/mol. The van der Waals surface area contributed by atoms with Crippen molar-refractivity contribution in [2.45, 2.75) is 44.8 Å². The highest BCUT2D eigenvalue weighted by Crippen LogP contribution is 2.11. The second-order valence-corrected chi connectivity index (χ2v) is 3.91. The number of hydrogen-bond donors (Lipinski definition) is 1. The number of hydrogen-bond acceptors (Lipinski definition) is 4. The first-order chi connectivity index (χ1) is 7.27. The molecule has 0 radical (unpaired) electrons. The Bertz CT molecular complexity index is 190. The topological polar surface area (TPSA) is 47.6 Å². The number of nitrogens with one attached hydrogen (secondary N) is 1. The molecule has 1 heterocycles. The quantitative estimate of drug-likeness (QED) is 0.674. The molecule has 0 aromatic heterocycles. The molecule has 0 aliphatic carbocycles. The van der Waals surface area contributed by atoms with E-state index >= 15 is 0 Å². The normalized spacial score (nSPS) is 22.7. The van der Waals surface area contributed by atoms with Crippen LogP contribution in [0.1, 0.15) is 32.6 Å². The Labute approximate surface area is 91.3 Å². The number of methoxy groups -OCH3 is 1. The van der Waals surface area contributed by atoms with Gasteiger partial charge in [0.05, 0.1) is 13.2 Å². The number of carbonyl (C=O) groups is 1. The molecule has 1 fully saturated rings. The molecule has 0 spiro atoms. The number of ether oxygens (including phenoxy) is 2. The Morgan fingerprint density at radius 1 is 1.67 bits per heavy atom. The maximum atomic E-state index is 11.4. The van der Waals surface area contributed by atoms with Crippen molar-refractivity contribution in [2.75, 3.05) is 20.3 Å². The Morgan fingerprint density at radius 2 is 2.47 bits per heavy atom. The van der Waals surface area contributed by atoms with E-state index in [0.29, 0.717) is 0 Å². The second-order valence-electron chi connectivity index (χ2n) is 3.91. The molecule has 0 aromatic carbocycles. The van der Waals surface area contributed by atoms with Gasteiger partial charge in [-0.3, -0.25) is 4.79 Å². The summed E-state index contributed by atoms with van der Waals surface area (Å²) in [4.78, 5) is 11.4. The maximum absolute atomic E-state index is 11.4. The first-order valence-corrected chi connectivity index (χ1v) is 5.70. The van der Waals surface area contributed by atoms with Crippen molar-refractivity contribution in [1.29, 1.82) is 0 Å². The molecule has 0 unspecified atom stereocenters. The van der Waals surface area contributed by atoms with Gasteiger partial charge in [0.1, 0.15) is 6.04 Å². The molecule has 15 heavy (non-hydrogen) atoms. The lowest BCUT2D eigenvalue weighted by Crippen LogP contribution is -2.41. The van der Waals surface area contributed by atoms with Crippen molar-refractivity contribution >= 4 is 5.97 Å². The molecule has 4 nitrogen and oxygen atoms in total. The minimum atomic E-state index is -0.177.